The number of aromatic nitrogens is 1. The van der Waals surface area contributed by atoms with E-state index in [-0.39, 0.29) is 23.7 Å². The van der Waals surface area contributed by atoms with Crippen LogP contribution in [0.3, 0.4) is 0 Å². The second-order valence-electron chi connectivity index (χ2n) is 8.77. The number of hydrogen-bond acceptors (Lipinski definition) is 4. The number of fused-ring (bicyclic) bond motifs is 4. The zero-order valence-electron chi connectivity index (χ0n) is 19.5. The maximum absolute atomic E-state index is 14.2. The highest BCUT2D eigenvalue weighted by Gasteiger charge is 2.57. The summed E-state index contributed by atoms with van der Waals surface area (Å²) in [7, 11) is 0. The minimum Gasteiger partial charge on any atom is -0.396 e. The first-order valence-electron chi connectivity index (χ1n) is 11.6. The molecule has 1 aromatic carbocycles. The molecule has 8 nitrogen and oxygen atoms in total. The predicted molar refractivity (Wildman–Crippen MR) is 127 cm³/mol. The molecule has 2 bridgehead atoms. The minimum atomic E-state index is -0.883. The van der Waals surface area contributed by atoms with E-state index in [9.17, 15) is 28.3 Å². The van der Waals surface area contributed by atoms with Crippen molar-refractivity contribution in [3.8, 4) is 0 Å². The van der Waals surface area contributed by atoms with Gasteiger partial charge in [-0.1, -0.05) is 19.1 Å². The second kappa shape index (κ2) is 9.99. The maximum Gasteiger partial charge on any atom is 0.322 e. The first-order chi connectivity index (χ1) is 16.8. The van der Waals surface area contributed by atoms with E-state index in [1.807, 2.05) is 6.92 Å². The van der Waals surface area contributed by atoms with Crippen molar-refractivity contribution < 1.29 is 23.5 Å². The van der Waals surface area contributed by atoms with E-state index in [0.29, 0.717) is 24.2 Å². The Balaban J connectivity index is 1.80. The van der Waals surface area contributed by atoms with Gasteiger partial charge in [0.15, 0.2) is 0 Å². The number of aliphatic hydroxyl groups is 1. The van der Waals surface area contributed by atoms with E-state index in [1.54, 1.807) is 31.2 Å². The fraction of sp³-hybridized carbons (Fsp3) is 0.400. The first-order valence-corrected chi connectivity index (χ1v) is 11.6. The van der Waals surface area contributed by atoms with E-state index >= 15 is 0 Å². The minimum absolute atomic E-state index is 0.0535. The molecule has 1 fully saturated rings. The van der Waals surface area contributed by atoms with Crippen LogP contribution in [0.25, 0.3) is 6.08 Å². The number of rotatable bonds is 6. The maximum atomic E-state index is 14.2. The molecule has 2 aliphatic rings. The Bertz CT molecular complexity index is 1230. The first kappa shape index (κ1) is 24.6. The summed E-state index contributed by atoms with van der Waals surface area (Å²) in [5.74, 6) is -3.37. The van der Waals surface area contributed by atoms with Crippen LogP contribution in [0.4, 0.5) is 19.3 Å². The van der Waals surface area contributed by atoms with Gasteiger partial charge in [-0.2, -0.15) is 0 Å². The van der Waals surface area contributed by atoms with Crippen molar-refractivity contribution in [2.45, 2.75) is 38.9 Å². The normalized spacial score (nSPS) is 22.8. The molecule has 10 heteroatoms. The third-order valence-corrected chi connectivity index (χ3v) is 6.68. The van der Waals surface area contributed by atoms with E-state index < -0.39 is 48.2 Å². The number of halogens is 2. The number of anilines is 1. The summed E-state index contributed by atoms with van der Waals surface area (Å²) < 4.78 is 29.5. The quantitative estimate of drug-likeness (QED) is 0.584. The van der Waals surface area contributed by atoms with Gasteiger partial charge in [-0.25, -0.2) is 13.6 Å². The van der Waals surface area contributed by atoms with Crippen LogP contribution in [0.2, 0.25) is 0 Å². The summed E-state index contributed by atoms with van der Waals surface area (Å²) in [6, 6.07) is 3.70. The summed E-state index contributed by atoms with van der Waals surface area (Å²) in [6.45, 7) is 3.77. The van der Waals surface area contributed by atoms with Crippen molar-refractivity contribution in [2.75, 3.05) is 18.5 Å². The molecule has 3 heterocycles. The van der Waals surface area contributed by atoms with Crippen LogP contribution < -0.4 is 16.2 Å². The van der Waals surface area contributed by atoms with Gasteiger partial charge in [-0.05, 0) is 37.6 Å². The molecule has 0 aliphatic carbocycles. The Kier molecular flexibility index (Phi) is 7.02. The fourth-order valence-corrected chi connectivity index (χ4v) is 5.15. The molecular weight excluding hydrogens is 458 g/mol. The number of nitrogens with one attached hydrogen (secondary N) is 2. The summed E-state index contributed by atoms with van der Waals surface area (Å²) in [5.41, 5.74) is 0.302. The highest BCUT2D eigenvalue weighted by Crippen LogP contribution is 2.48. The lowest BCUT2D eigenvalue weighted by molar-refractivity contribution is -0.127. The van der Waals surface area contributed by atoms with Crippen LogP contribution in [0, 0.1) is 23.5 Å². The third kappa shape index (κ3) is 4.34. The zero-order chi connectivity index (χ0) is 25.3. The number of allylic oxidation sites excluding steroid dienone is 1. The number of aliphatic hydroxyl groups excluding tert-OH is 1. The molecule has 35 heavy (non-hydrogen) atoms. The number of benzene rings is 1. The number of pyridine rings is 1. The Morgan fingerprint density at radius 1 is 1.23 bits per heavy atom. The summed E-state index contributed by atoms with van der Waals surface area (Å²) in [5, 5.41) is 15.5. The topological polar surface area (TPSA) is 104 Å². The fourth-order valence-electron chi connectivity index (χ4n) is 5.15. The van der Waals surface area contributed by atoms with Gasteiger partial charge in [0.1, 0.15) is 11.6 Å². The van der Waals surface area contributed by atoms with Crippen LogP contribution >= 0.6 is 0 Å². The van der Waals surface area contributed by atoms with Crippen molar-refractivity contribution in [3.63, 3.8) is 0 Å². The molecule has 0 spiro atoms. The number of carbonyl (C=O) groups is 2. The molecule has 3 amide bonds. The molecule has 1 aromatic heterocycles. The van der Waals surface area contributed by atoms with Gasteiger partial charge in [0, 0.05) is 42.9 Å². The van der Waals surface area contributed by atoms with Gasteiger partial charge < -0.3 is 25.2 Å². The number of nitrogens with zero attached hydrogens (tertiary/aromatic N) is 2. The summed E-state index contributed by atoms with van der Waals surface area (Å²) >= 11 is 0. The number of carbonyl (C=O) groups excluding carboxylic acids is 2. The molecule has 0 saturated carbocycles. The molecule has 0 unspecified atom stereocenters. The monoisotopic (exact) mass is 486 g/mol. The lowest BCUT2D eigenvalue weighted by Gasteiger charge is -2.38. The van der Waals surface area contributed by atoms with Crippen LogP contribution in [-0.2, 0) is 11.3 Å². The van der Waals surface area contributed by atoms with Gasteiger partial charge in [0.2, 0.25) is 5.91 Å². The van der Waals surface area contributed by atoms with Crippen molar-refractivity contribution >= 4 is 23.7 Å². The Labute approximate surface area is 201 Å². The predicted octanol–water partition coefficient (Wildman–Crippen LogP) is 2.88. The second-order valence-corrected chi connectivity index (χ2v) is 8.77. The summed E-state index contributed by atoms with van der Waals surface area (Å²) in [6.07, 6.45) is 4.12. The Morgan fingerprint density at radius 3 is 2.69 bits per heavy atom. The Hall–Kier alpha value is -3.53. The molecular formula is C25H28F2N4O4. The lowest BCUT2D eigenvalue weighted by atomic mass is 9.86. The Morgan fingerprint density at radius 2 is 2.00 bits per heavy atom. The van der Waals surface area contributed by atoms with Crippen molar-refractivity contribution in [1.82, 2.24) is 14.8 Å². The van der Waals surface area contributed by atoms with Crippen LogP contribution in [0.5, 0.6) is 0 Å². The molecule has 2 aromatic rings. The highest BCUT2D eigenvalue weighted by atomic mass is 19.1. The molecule has 4 rings (SSSR count). The molecule has 3 N–H and O–H groups in total. The van der Waals surface area contributed by atoms with Crippen molar-refractivity contribution in [3.05, 3.63) is 69.7 Å². The highest BCUT2D eigenvalue weighted by molar-refractivity contribution is 5.92. The zero-order valence-corrected chi connectivity index (χ0v) is 19.5. The average Bonchev–Trinajstić information content (AvgIpc) is 3.08. The standard InChI is InChI=1S/C25H28F2N4O4/c1-3-5-14-6-9-19-22-21(23(33)28-10-4-2)16(13-32)20(12-30(19)24(14)34)31(22)25(35)29-18-11-15(26)7-8-17(18)27/h3,5-9,11,16,20-22,32H,4,10,12-13H2,1-2H3,(H,28,33)(H,29,35)/t16-,20-,21+,22+/m0/s1. The van der Waals surface area contributed by atoms with Crippen LogP contribution in [0.1, 0.15) is 37.6 Å². The van der Waals surface area contributed by atoms with Gasteiger partial charge >= 0.3 is 6.03 Å². The van der Waals surface area contributed by atoms with E-state index in [4.69, 9.17) is 0 Å². The molecule has 0 radical (unpaired) electrons. The van der Waals surface area contributed by atoms with E-state index in [0.717, 1.165) is 18.2 Å². The van der Waals surface area contributed by atoms with E-state index in [2.05, 4.69) is 10.6 Å². The SMILES string of the molecule is CC=Cc1ccc2n(c1=O)C[C@H]1[C@H](CO)[C@@H](C(=O)NCCC)[C@@H]2N1C(=O)Nc1cc(F)ccc1F. The van der Waals surface area contributed by atoms with Crippen molar-refractivity contribution in [2.24, 2.45) is 11.8 Å². The largest absolute Gasteiger partial charge is 0.396 e. The molecule has 1 saturated heterocycles. The van der Waals surface area contributed by atoms with Crippen LogP contribution in [0.15, 0.2) is 41.2 Å². The average molecular weight is 487 g/mol. The van der Waals surface area contributed by atoms with Gasteiger partial charge in [0.25, 0.3) is 5.56 Å². The van der Waals surface area contributed by atoms with Crippen molar-refractivity contribution in [1.29, 1.82) is 0 Å². The molecule has 186 valence electrons. The number of amides is 3. The molecule has 2 aliphatic heterocycles. The van der Waals surface area contributed by atoms with E-state index in [1.165, 1.54) is 9.47 Å². The number of hydrogen-bond donors (Lipinski definition) is 3. The third-order valence-electron chi connectivity index (χ3n) is 6.68. The number of urea groups is 1. The smallest absolute Gasteiger partial charge is 0.322 e. The lowest BCUT2D eigenvalue weighted by Crippen LogP contribution is -2.50. The van der Waals surface area contributed by atoms with Crippen LogP contribution in [-0.4, -0.2) is 45.7 Å². The van der Waals surface area contributed by atoms with Gasteiger partial charge in [-0.15, -0.1) is 0 Å². The molecule has 4 atom stereocenters. The van der Waals surface area contributed by atoms with Gasteiger partial charge in [-0.3, -0.25) is 9.59 Å². The van der Waals surface area contributed by atoms with Gasteiger partial charge in [0.05, 0.1) is 23.7 Å². The summed E-state index contributed by atoms with van der Waals surface area (Å²) in [4.78, 5) is 41.2.